The molecule has 1 N–H and O–H groups in total. The zero-order valence-electron chi connectivity index (χ0n) is 13.0. The van der Waals surface area contributed by atoms with Gasteiger partial charge in [0.15, 0.2) is 0 Å². The summed E-state index contributed by atoms with van der Waals surface area (Å²) in [5.74, 6) is 0.189. The quantitative estimate of drug-likeness (QED) is 0.740. The summed E-state index contributed by atoms with van der Waals surface area (Å²) >= 11 is 5.98. The van der Waals surface area contributed by atoms with Crippen molar-refractivity contribution in [3.8, 4) is 5.75 Å². The van der Waals surface area contributed by atoms with Crippen LogP contribution in [0.15, 0.2) is 18.2 Å². The maximum Gasteiger partial charge on any atom is 0.223 e. The van der Waals surface area contributed by atoms with E-state index in [9.17, 15) is 9.59 Å². The van der Waals surface area contributed by atoms with Gasteiger partial charge in [0.05, 0.1) is 19.4 Å². The Morgan fingerprint density at radius 3 is 2.64 bits per heavy atom. The van der Waals surface area contributed by atoms with Crippen LogP contribution in [-0.4, -0.2) is 45.7 Å². The van der Waals surface area contributed by atoms with Crippen LogP contribution in [0.25, 0.3) is 0 Å². The Morgan fingerprint density at radius 1 is 1.32 bits per heavy atom. The minimum atomic E-state index is -0.190. The van der Waals surface area contributed by atoms with E-state index in [4.69, 9.17) is 21.1 Å². The lowest BCUT2D eigenvalue weighted by atomic mass is 10.2. The van der Waals surface area contributed by atoms with Gasteiger partial charge in [0.2, 0.25) is 11.8 Å². The zero-order valence-corrected chi connectivity index (χ0v) is 13.8. The summed E-state index contributed by atoms with van der Waals surface area (Å²) in [7, 11) is 3.08. The van der Waals surface area contributed by atoms with Crippen LogP contribution in [0, 0.1) is 0 Å². The Morgan fingerprint density at radius 2 is 2.05 bits per heavy atom. The van der Waals surface area contributed by atoms with Crippen molar-refractivity contribution < 1.29 is 19.1 Å². The molecule has 0 radical (unpaired) electrons. The minimum absolute atomic E-state index is 0.149. The second kappa shape index (κ2) is 9.27. The van der Waals surface area contributed by atoms with Gasteiger partial charge in [-0.1, -0.05) is 11.6 Å². The fourth-order valence-corrected chi connectivity index (χ4v) is 2.08. The molecule has 0 heterocycles. The first-order valence-corrected chi connectivity index (χ1v) is 7.24. The number of carbonyl (C=O) groups is 2. The van der Waals surface area contributed by atoms with Crippen LogP contribution in [0.2, 0.25) is 5.02 Å². The van der Waals surface area contributed by atoms with Crippen LogP contribution in [0.3, 0.4) is 0 Å². The highest BCUT2D eigenvalue weighted by Gasteiger charge is 2.17. The molecule has 1 rings (SSSR count). The molecule has 0 aliphatic rings. The monoisotopic (exact) mass is 328 g/mol. The van der Waals surface area contributed by atoms with Crippen molar-refractivity contribution in [1.29, 1.82) is 0 Å². The van der Waals surface area contributed by atoms with E-state index < -0.39 is 0 Å². The number of rotatable bonds is 8. The Hall–Kier alpha value is -1.79. The first kappa shape index (κ1) is 18.3. The number of ether oxygens (including phenoxy) is 2. The maximum absolute atomic E-state index is 11.9. The number of benzene rings is 1. The average Bonchev–Trinajstić information content (AvgIpc) is 2.47. The number of methoxy groups -OCH3 is 2. The highest BCUT2D eigenvalue weighted by Crippen LogP contribution is 2.31. The van der Waals surface area contributed by atoms with Crippen LogP contribution in [-0.2, 0) is 14.3 Å². The smallest absolute Gasteiger partial charge is 0.223 e. The molecule has 2 amide bonds. The number of hydrogen-bond acceptors (Lipinski definition) is 4. The molecule has 0 bridgehead atoms. The lowest BCUT2D eigenvalue weighted by Gasteiger charge is -2.23. The van der Waals surface area contributed by atoms with Crippen molar-refractivity contribution in [3.05, 3.63) is 23.2 Å². The molecule has 0 saturated carbocycles. The summed E-state index contributed by atoms with van der Waals surface area (Å²) in [6.45, 7) is 2.56. The lowest BCUT2D eigenvalue weighted by Crippen LogP contribution is -2.35. The molecule has 1 aromatic rings. The average molecular weight is 329 g/mol. The van der Waals surface area contributed by atoms with Gasteiger partial charge in [0, 0.05) is 38.6 Å². The number of nitrogens with zero attached hydrogens (tertiary/aromatic N) is 1. The lowest BCUT2D eigenvalue weighted by molar-refractivity contribution is -0.121. The van der Waals surface area contributed by atoms with Crippen molar-refractivity contribution in [1.82, 2.24) is 5.32 Å². The Labute approximate surface area is 135 Å². The SMILES string of the molecule is COCCNC(=O)CCN(C(C)=O)c1cc(Cl)ccc1OC. The third kappa shape index (κ3) is 5.54. The first-order valence-electron chi connectivity index (χ1n) is 6.87. The van der Waals surface area contributed by atoms with E-state index in [1.54, 1.807) is 25.3 Å². The van der Waals surface area contributed by atoms with Crippen LogP contribution in [0.1, 0.15) is 13.3 Å². The largest absolute Gasteiger partial charge is 0.495 e. The summed E-state index contributed by atoms with van der Waals surface area (Å²) in [5, 5.41) is 3.20. The molecule has 7 heteroatoms. The van der Waals surface area contributed by atoms with Gasteiger partial charge >= 0.3 is 0 Å². The van der Waals surface area contributed by atoms with Crippen molar-refractivity contribution in [3.63, 3.8) is 0 Å². The Bertz CT molecular complexity index is 522. The summed E-state index contributed by atoms with van der Waals surface area (Å²) < 4.78 is 10.1. The Balaban J connectivity index is 2.76. The molecule has 0 aliphatic heterocycles. The molecule has 1 aromatic carbocycles. The normalized spacial score (nSPS) is 10.2. The fourth-order valence-electron chi connectivity index (χ4n) is 1.92. The van der Waals surface area contributed by atoms with E-state index in [1.807, 2.05) is 0 Å². The van der Waals surface area contributed by atoms with Gasteiger partial charge in [-0.2, -0.15) is 0 Å². The van der Waals surface area contributed by atoms with Crippen LogP contribution >= 0.6 is 11.6 Å². The summed E-state index contributed by atoms with van der Waals surface area (Å²) in [6.07, 6.45) is 0.180. The predicted octanol–water partition coefficient (Wildman–Crippen LogP) is 1.85. The van der Waals surface area contributed by atoms with Crippen molar-refractivity contribution in [2.75, 3.05) is 38.8 Å². The van der Waals surface area contributed by atoms with Gasteiger partial charge in [0.1, 0.15) is 5.75 Å². The van der Waals surface area contributed by atoms with Crippen LogP contribution in [0.5, 0.6) is 5.75 Å². The first-order chi connectivity index (χ1) is 10.5. The van der Waals surface area contributed by atoms with Gasteiger partial charge < -0.3 is 19.7 Å². The summed E-state index contributed by atoms with van der Waals surface area (Å²) in [6, 6.07) is 5.01. The number of hydrogen-bond donors (Lipinski definition) is 1. The number of amides is 2. The van der Waals surface area contributed by atoms with Crippen LogP contribution < -0.4 is 15.0 Å². The molecule has 0 fully saturated rings. The molecule has 0 spiro atoms. The van der Waals surface area contributed by atoms with Gasteiger partial charge in [-0.05, 0) is 18.2 Å². The summed E-state index contributed by atoms with van der Waals surface area (Å²) in [5.41, 5.74) is 0.548. The van der Waals surface area contributed by atoms with E-state index >= 15 is 0 Å². The van der Waals surface area contributed by atoms with Crippen molar-refractivity contribution in [2.24, 2.45) is 0 Å². The number of anilines is 1. The molecular weight excluding hydrogens is 308 g/mol. The topological polar surface area (TPSA) is 67.9 Å². The highest BCUT2D eigenvalue weighted by atomic mass is 35.5. The third-order valence-electron chi connectivity index (χ3n) is 3.00. The zero-order chi connectivity index (χ0) is 16.5. The fraction of sp³-hybridized carbons (Fsp3) is 0.467. The molecule has 0 saturated heterocycles. The molecular formula is C15H21ClN2O4. The van der Waals surface area contributed by atoms with E-state index in [0.29, 0.717) is 29.6 Å². The van der Waals surface area contributed by atoms with Crippen LogP contribution in [0.4, 0.5) is 5.69 Å². The Kier molecular flexibility index (Phi) is 7.70. The number of halogens is 1. The second-order valence-electron chi connectivity index (χ2n) is 4.58. The second-order valence-corrected chi connectivity index (χ2v) is 5.02. The number of carbonyl (C=O) groups excluding carboxylic acids is 2. The third-order valence-corrected chi connectivity index (χ3v) is 3.24. The van der Waals surface area contributed by atoms with E-state index in [1.165, 1.54) is 18.9 Å². The minimum Gasteiger partial charge on any atom is -0.495 e. The highest BCUT2D eigenvalue weighted by molar-refractivity contribution is 6.31. The molecule has 0 aliphatic carbocycles. The van der Waals surface area contributed by atoms with Gasteiger partial charge in [-0.15, -0.1) is 0 Å². The maximum atomic E-state index is 11.9. The van der Waals surface area contributed by atoms with E-state index in [0.717, 1.165) is 0 Å². The van der Waals surface area contributed by atoms with Crippen molar-refractivity contribution in [2.45, 2.75) is 13.3 Å². The molecule has 6 nitrogen and oxygen atoms in total. The van der Waals surface area contributed by atoms with Gasteiger partial charge in [0.25, 0.3) is 0 Å². The van der Waals surface area contributed by atoms with Crippen molar-refractivity contribution >= 4 is 29.1 Å². The molecule has 0 atom stereocenters. The van der Waals surface area contributed by atoms with Gasteiger partial charge in [-0.25, -0.2) is 0 Å². The number of nitrogens with one attached hydrogen (secondary N) is 1. The molecule has 122 valence electrons. The standard InChI is InChI=1S/C15H21ClN2O4/c1-11(19)18(8-6-15(20)17-7-9-21-2)13-10-12(16)4-5-14(13)22-3/h4-5,10H,6-9H2,1-3H3,(H,17,20). The summed E-state index contributed by atoms with van der Waals surface area (Å²) in [4.78, 5) is 25.1. The molecule has 0 unspecified atom stereocenters. The van der Waals surface area contributed by atoms with E-state index in [2.05, 4.69) is 5.32 Å². The van der Waals surface area contributed by atoms with Gasteiger partial charge in [-0.3, -0.25) is 9.59 Å². The molecule has 0 aromatic heterocycles. The molecule has 22 heavy (non-hydrogen) atoms. The van der Waals surface area contributed by atoms with E-state index in [-0.39, 0.29) is 24.8 Å². The predicted molar refractivity (Wildman–Crippen MR) is 85.5 cm³/mol.